The van der Waals surface area contributed by atoms with Crippen LogP contribution in [0, 0.1) is 11.7 Å². The van der Waals surface area contributed by atoms with Crippen LogP contribution < -0.4 is 15.0 Å². The van der Waals surface area contributed by atoms with Crippen LogP contribution in [0.5, 0.6) is 5.75 Å². The van der Waals surface area contributed by atoms with Gasteiger partial charge in [-0.1, -0.05) is 37.3 Å². The zero-order valence-corrected chi connectivity index (χ0v) is 21.2. The lowest BCUT2D eigenvalue weighted by molar-refractivity contribution is 0.0395. The Labute approximate surface area is 209 Å². The molecule has 35 heavy (non-hydrogen) atoms. The van der Waals surface area contributed by atoms with Gasteiger partial charge in [0.25, 0.3) is 5.91 Å². The predicted molar refractivity (Wildman–Crippen MR) is 137 cm³/mol. The van der Waals surface area contributed by atoms with Crippen molar-refractivity contribution < 1.29 is 13.7 Å². The van der Waals surface area contributed by atoms with E-state index in [4.69, 9.17) is 4.52 Å². The molecule has 3 aliphatic heterocycles. The second kappa shape index (κ2) is 8.68. The molecule has 3 aromatic rings. The van der Waals surface area contributed by atoms with Crippen molar-refractivity contribution in [1.29, 1.82) is 0 Å². The van der Waals surface area contributed by atoms with E-state index in [1.165, 1.54) is 12.1 Å². The van der Waals surface area contributed by atoms with Crippen molar-refractivity contribution in [2.24, 2.45) is 5.92 Å². The van der Waals surface area contributed by atoms with Gasteiger partial charge in [-0.25, -0.2) is 4.39 Å². The number of hydrogen-bond acceptors (Lipinski definition) is 5. The minimum Gasteiger partial charge on any atom is -0.474 e. The first-order valence-corrected chi connectivity index (χ1v) is 13.2. The summed E-state index contributed by atoms with van der Waals surface area (Å²) in [6, 6.07) is 14.2. The van der Waals surface area contributed by atoms with Gasteiger partial charge >= 0.3 is 0 Å². The van der Waals surface area contributed by atoms with Gasteiger partial charge in [0.1, 0.15) is 18.0 Å². The van der Waals surface area contributed by atoms with Gasteiger partial charge in [-0.15, -0.1) is 11.8 Å². The molecule has 2 aromatic carbocycles. The molecule has 0 N–H and O–H groups in total. The van der Waals surface area contributed by atoms with E-state index in [1.807, 2.05) is 29.2 Å². The van der Waals surface area contributed by atoms with Gasteiger partial charge in [0.2, 0.25) is 11.2 Å². The summed E-state index contributed by atoms with van der Waals surface area (Å²) in [5.74, 6) is 0.505. The van der Waals surface area contributed by atoms with Crippen molar-refractivity contribution in [3.05, 3.63) is 93.2 Å². The normalized spacial score (nSPS) is 23.1. The summed E-state index contributed by atoms with van der Waals surface area (Å²) in [5, 5.41) is 2.09. The van der Waals surface area contributed by atoms with Crippen molar-refractivity contribution >= 4 is 27.1 Å². The number of nitrogens with zero attached hydrogens (tertiary/aromatic N) is 3. The minimum absolute atomic E-state index is 0.0189. The Morgan fingerprint density at radius 3 is 2.77 bits per heavy atom. The van der Waals surface area contributed by atoms with E-state index in [2.05, 4.69) is 27.5 Å². The van der Waals surface area contributed by atoms with E-state index in [1.54, 1.807) is 28.7 Å². The van der Waals surface area contributed by atoms with Crippen LogP contribution in [-0.2, 0) is 5.75 Å². The summed E-state index contributed by atoms with van der Waals surface area (Å²) in [4.78, 5) is 29.3. The number of fused-ring (bicyclic) bond motifs is 4. The molecule has 3 aliphatic rings. The quantitative estimate of drug-likeness (QED) is 0.469. The molecule has 1 unspecified atom stereocenters. The van der Waals surface area contributed by atoms with E-state index in [-0.39, 0.29) is 34.8 Å². The van der Waals surface area contributed by atoms with Crippen LogP contribution in [-0.4, -0.2) is 28.2 Å². The lowest BCUT2D eigenvalue weighted by atomic mass is 9.90. The third-order valence-corrected chi connectivity index (χ3v) is 8.66. The van der Waals surface area contributed by atoms with Crippen LogP contribution in [0.15, 0.2) is 64.4 Å². The monoisotopic (exact) mass is 509 g/mol. The first-order valence-electron chi connectivity index (χ1n) is 11.7. The fourth-order valence-corrected chi connectivity index (χ4v) is 6.94. The Morgan fingerprint density at radius 1 is 1.11 bits per heavy atom. The molecule has 6 rings (SSSR count). The summed E-state index contributed by atoms with van der Waals surface area (Å²) < 4.78 is 22.8. The Bertz CT molecular complexity index is 1400. The molecule has 0 aliphatic carbocycles. The Kier molecular flexibility index (Phi) is 5.61. The standard InChI is InChI=1S/C26H25FN3O3PS/c1-15-9-11-28-21(13-15)30(29-12-10-19(31)25(33-34)24(29)26(28)32)23-17-6-2-3-8-20(17)35-14-16-5-4-7-18(27)22(16)23/h2-8,10,12,15,21,23H,9,11,13-14,34H2,1H3/t15-,21-,23-/m1/s1. The maximum Gasteiger partial charge on any atom is 0.278 e. The van der Waals surface area contributed by atoms with Gasteiger partial charge in [-0.05, 0) is 42.0 Å². The average Bonchev–Trinajstić information content (AvgIpc) is 3.02. The maximum atomic E-state index is 15.7. The lowest BCUT2D eigenvalue weighted by Crippen LogP contribution is -2.64. The highest BCUT2D eigenvalue weighted by Crippen LogP contribution is 2.46. The van der Waals surface area contributed by atoms with Crippen LogP contribution in [0.2, 0.25) is 0 Å². The van der Waals surface area contributed by atoms with Crippen LogP contribution in [0.1, 0.15) is 53.0 Å². The van der Waals surface area contributed by atoms with Crippen molar-refractivity contribution in [2.45, 2.75) is 42.6 Å². The van der Waals surface area contributed by atoms with E-state index >= 15 is 4.39 Å². The van der Waals surface area contributed by atoms with E-state index < -0.39 is 6.04 Å². The maximum absolute atomic E-state index is 15.7. The summed E-state index contributed by atoms with van der Waals surface area (Å²) >= 11 is 1.69. The third-order valence-electron chi connectivity index (χ3n) is 7.28. The number of amides is 1. The molecule has 1 aromatic heterocycles. The number of benzene rings is 2. The molecule has 180 valence electrons. The second-order valence-electron chi connectivity index (χ2n) is 9.35. The average molecular weight is 510 g/mol. The molecule has 0 spiro atoms. The summed E-state index contributed by atoms with van der Waals surface area (Å²) in [6.45, 7) is 2.75. The number of rotatable bonds is 2. The number of carbonyl (C=O) groups is 1. The summed E-state index contributed by atoms with van der Waals surface area (Å²) in [6.07, 6.45) is 2.93. The summed E-state index contributed by atoms with van der Waals surface area (Å²) in [5.41, 5.74) is 2.31. The number of thioether (sulfide) groups is 1. The van der Waals surface area contributed by atoms with Gasteiger partial charge in [-0.2, -0.15) is 0 Å². The lowest BCUT2D eigenvalue weighted by Gasteiger charge is -2.53. The van der Waals surface area contributed by atoms with Crippen LogP contribution >= 0.6 is 21.2 Å². The number of pyridine rings is 1. The van der Waals surface area contributed by atoms with Gasteiger partial charge in [0.05, 0.1) is 9.47 Å². The smallest absolute Gasteiger partial charge is 0.278 e. The van der Waals surface area contributed by atoms with E-state index in [0.29, 0.717) is 23.8 Å². The number of piperidine rings is 1. The molecular formula is C26H25FN3O3PS. The largest absolute Gasteiger partial charge is 0.474 e. The first-order chi connectivity index (χ1) is 17.0. The molecule has 9 heteroatoms. The van der Waals surface area contributed by atoms with Crippen LogP contribution in [0.25, 0.3) is 0 Å². The van der Waals surface area contributed by atoms with Crippen LogP contribution in [0.4, 0.5) is 4.39 Å². The number of halogens is 1. The highest BCUT2D eigenvalue weighted by Gasteiger charge is 2.47. The Hall–Kier alpha value is -2.83. The predicted octanol–water partition coefficient (Wildman–Crippen LogP) is 4.70. The van der Waals surface area contributed by atoms with Gasteiger partial charge in [0, 0.05) is 35.0 Å². The second-order valence-corrected chi connectivity index (χ2v) is 10.6. The molecule has 1 fully saturated rings. The first kappa shape index (κ1) is 22.6. The zero-order valence-electron chi connectivity index (χ0n) is 19.2. The van der Waals surface area contributed by atoms with Gasteiger partial charge in [-0.3, -0.25) is 19.3 Å². The fraction of sp³-hybridized carbons (Fsp3) is 0.308. The Morgan fingerprint density at radius 2 is 1.94 bits per heavy atom. The Balaban J connectivity index is 1.68. The van der Waals surface area contributed by atoms with Crippen molar-refractivity contribution in [1.82, 2.24) is 9.58 Å². The highest BCUT2D eigenvalue weighted by atomic mass is 32.2. The van der Waals surface area contributed by atoms with Crippen molar-refractivity contribution in [3.8, 4) is 5.75 Å². The SMILES string of the molecule is C[C@@H]1CCN2C(=O)c3c(OP)c(=O)ccn3N([C@@H]3c4ccccc4SCc4cccc(F)c43)[C@@H]2C1. The molecule has 6 nitrogen and oxygen atoms in total. The number of aromatic nitrogens is 1. The van der Waals surface area contributed by atoms with Gasteiger partial charge < -0.3 is 9.42 Å². The summed E-state index contributed by atoms with van der Waals surface area (Å²) in [7, 11) is 2.09. The molecule has 1 saturated heterocycles. The van der Waals surface area contributed by atoms with Crippen molar-refractivity contribution in [2.75, 3.05) is 11.6 Å². The molecule has 4 atom stereocenters. The molecule has 1 amide bonds. The van der Waals surface area contributed by atoms with Crippen molar-refractivity contribution in [3.63, 3.8) is 0 Å². The third kappa shape index (κ3) is 3.49. The molecular weight excluding hydrogens is 484 g/mol. The number of carbonyl (C=O) groups excluding carboxylic acids is 1. The van der Waals surface area contributed by atoms with Gasteiger partial charge in [0.15, 0.2) is 5.69 Å². The highest BCUT2D eigenvalue weighted by molar-refractivity contribution is 7.98. The molecule has 0 bridgehead atoms. The fourth-order valence-electron chi connectivity index (χ4n) is 5.63. The topological polar surface area (TPSA) is 54.8 Å². The zero-order chi connectivity index (χ0) is 24.3. The van der Waals surface area contributed by atoms with E-state index in [0.717, 1.165) is 28.9 Å². The molecule has 4 heterocycles. The van der Waals surface area contributed by atoms with E-state index in [9.17, 15) is 9.59 Å². The number of hydrogen-bond donors (Lipinski definition) is 0. The molecule has 0 radical (unpaired) electrons. The van der Waals surface area contributed by atoms with Crippen LogP contribution in [0.3, 0.4) is 0 Å². The minimum atomic E-state index is -0.498. The molecule has 0 saturated carbocycles.